The number of ether oxygens (including phenoxy) is 3. The fraction of sp³-hybridized carbons (Fsp3) is 0.207. The van der Waals surface area contributed by atoms with Crippen LogP contribution in [0.15, 0.2) is 66.2 Å². The zero-order valence-corrected chi connectivity index (χ0v) is 23.5. The monoisotopic (exact) mass is 625 g/mol. The van der Waals surface area contributed by atoms with E-state index in [0.717, 1.165) is 5.56 Å². The number of nitrogens with zero attached hydrogens (tertiary/aromatic N) is 1. The van der Waals surface area contributed by atoms with Gasteiger partial charge < -0.3 is 24.8 Å². The van der Waals surface area contributed by atoms with Crippen molar-refractivity contribution < 1.29 is 23.8 Å². The normalized spacial score (nSPS) is 10.8. The lowest BCUT2D eigenvalue weighted by Gasteiger charge is -2.15. The molecule has 9 heteroatoms. The molecule has 196 valence electrons. The Hall–Kier alpha value is -4.04. The Kier molecular flexibility index (Phi) is 10.5. The van der Waals surface area contributed by atoms with Crippen molar-refractivity contribution in [3.63, 3.8) is 0 Å². The summed E-state index contributed by atoms with van der Waals surface area (Å²) in [5.74, 6) is 0.645. The van der Waals surface area contributed by atoms with Gasteiger partial charge in [-0.3, -0.25) is 9.59 Å². The Labute approximate surface area is 235 Å². The van der Waals surface area contributed by atoms with Crippen LogP contribution in [0.2, 0.25) is 0 Å². The third-order valence-electron chi connectivity index (χ3n) is 5.20. The molecule has 3 aromatic rings. The van der Waals surface area contributed by atoms with Gasteiger partial charge in [0.05, 0.1) is 16.8 Å². The van der Waals surface area contributed by atoms with Crippen molar-refractivity contribution in [2.45, 2.75) is 20.8 Å². The van der Waals surface area contributed by atoms with Crippen LogP contribution in [-0.2, 0) is 9.59 Å². The van der Waals surface area contributed by atoms with Gasteiger partial charge in [0.25, 0.3) is 11.8 Å². The molecule has 0 saturated heterocycles. The van der Waals surface area contributed by atoms with Gasteiger partial charge in [0.1, 0.15) is 17.4 Å². The number of hydrogen-bond acceptors (Lipinski definition) is 6. The number of rotatable bonds is 11. The predicted octanol–water partition coefficient (Wildman–Crippen LogP) is 5.96. The molecule has 0 atom stereocenters. The highest BCUT2D eigenvalue weighted by molar-refractivity contribution is 14.1. The van der Waals surface area contributed by atoms with Crippen molar-refractivity contribution in [2.24, 2.45) is 0 Å². The Balaban J connectivity index is 1.75. The van der Waals surface area contributed by atoms with E-state index in [4.69, 9.17) is 14.2 Å². The van der Waals surface area contributed by atoms with Gasteiger partial charge in [-0.15, -0.1) is 0 Å². The van der Waals surface area contributed by atoms with Gasteiger partial charge in [0, 0.05) is 11.4 Å². The standard InChI is InChI=1S/C29H28IN3O5/c1-4-36-23-12-10-22(11-13-23)32-29(35)21(17-31)14-20-15-24(30)28(26(16-20)37-5-2)38-18-27(34)33-25-9-7-6-8-19(25)3/h6-16H,4-5,18H2,1-3H3,(H,32,35)(H,33,34)/b21-14+. The molecule has 3 rings (SSSR count). The third kappa shape index (κ3) is 7.98. The lowest BCUT2D eigenvalue weighted by molar-refractivity contribution is -0.118. The maximum absolute atomic E-state index is 12.7. The van der Waals surface area contributed by atoms with Crippen LogP contribution < -0.4 is 24.8 Å². The smallest absolute Gasteiger partial charge is 0.266 e. The van der Waals surface area contributed by atoms with E-state index in [0.29, 0.717) is 51.0 Å². The summed E-state index contributed by atoms with van der Waals surface area (Å²) >= 11 is 2.07. The first-order valence-corrected chi connectivity index (χ1v) is 13.0. The van der Waals surface area contributed by atoms with Gasteiger partial charge in [0.15, 0.2) is 18.1 Å². The van der Waals surface area contributed by atoms with Crippen LogP contribution in [0.4, 0.5) is 11.4 Å². The number of carbonyl (C=O) groups excluding carboxylic acids is 2. The molecule has 0 saturated carbocycles. The van der Waals surface area contributed by atoms with Crippen molar-refractivity contribution in [1.82, 2.24) is 0 Å². The van der Waals surface area contributed by atoms with E-state index in [1.807, 2.05) is 51.1 Å². The van der Waals surface area contributed by atoms with Gasteiger partial charge in [-0.2, -0.15) is 5.26 Å². The van der Waals surface area contributed by atoms with Crippen LogP contribution >= 0.6 is 22.6 Å². The zero-order valence-electron chi connectivity index (χ0n) is 21.3. The number of para-hydroxylation sites is 1. The SMILES string of the molecule is CCOc1ccc(NC(=O)/C(C#N)=C/c2cc(I)c(OCC(=O)Nc3ccccc3C)c(OCC)c2)cc1. The van der Waals surface area contributed by atoms with Crippen LogP contribution in [0.3, 0.4) is 0 Å². The van der Waals surface area contributed by atoms with Gasteiger partial charge >= 0.3 is 0 Å². The van der Waals surface area contributed by atoms with Gasteiger partial charge in [0.2, 0.25) is 0 Å². The highest BCUT2D eigenvalue weighted by atomic mass is 127. The average molecular weight is 625 g/mol. The number of aryl methyl sites for hydroxylation is 1. The Bertz CT molecular complexity index is 1360. The average Bonchev–Trinajstić information content (AvgIpc) is 2.89. The molecular weight excluding hydrogens is 597 g/mol. The molecule has 0 fully saturated rings. The second-order valence-electron chi connectivity index (χ2n) is 8.00. The highest BCUT2D eigenvalue weighted by Crippen LogP contribution is 2.35. The first kappa shape index (κ1) is 28.5. The van der Waals surface area contributed by atoms with E-state index in [1.54, 1.807) is 36.4 Å². The van der Waals surface area contributed by atoms with E-state index < -0.39 is 5.91 Å². The van der Waals surface area contributed by atoms with Crippen LogP contribution in [-0.4, -0.2) is 31.6 Å². The second-order valence-corrected chi connectivity index (χ2v) is 9.16. The van der Waals surface area contributed by atoms with Crippen LogP contribution in [0.25, 0.3) is 6.08 Å². The predicted molar refractivity (Wildman–Crippen MR) is 155 cm³/mol. The molecule has 0 radical (unpaired) electrons. The molecule has 0 heterocycles. The maximum atomic E-state index is 12.7. The molecule has 0 aliphatic rings. The summed E-state index contributed by atoms with van der Waals surface area (Å²) in [5.41, 5.74) is 2.70. The number of amides is 2. The molecule has 0 aliphatic carbocycles. The summed E-state index contributed by atoms with van der Waals surface area (Å²) in [4.78, 5) is 25.2. The Morgan fingerprint density at radius 1 is 0.974 bits per heavy atom. The number of halogens is 1. The zero-order chi connectivity index (χ0) is 27.5. The highest BCUT2D eigenvalue weighted by Gasteiger charge is 2.16. The molecule has 38 heavy (non-hydrogen) atoms. The molecule has 8 nitrogen and oxygen atoms in total. The molecule has 2 amide bonds. The van der Waals surface area contributed by atoms with Gasteiger partial charge in [-0.1, -0.05) is 18.2 Å². The molecule has 3 aromatic carbocycles. The minimum absolute atomic E-state index is 0.0802. The number of benzene rings is 3. The second kappa shape index (κ2) is 14.0. The summed E-state index contributed by atoms with van der Waals surface area (Å²) in [6, 6.07) is 19.7. The van der Waals surface area contributed by atoms with Crippen LogP contribution in [0, 0.1) is 21.8 Å². The molecule has 0 bridgehead atoms. The molecule has 0 aromatic heterocycles. The van der Waals surface area contributed by atoms with Gasteiger partial charge in [-0.05, 0) is 103 Å². The maximum Gasteiger partial charge on any atom is 0.266 e. The summed E-state index contributed by atoms with van der Waals surface area (Å²) in [5, 5.41) is 15.2. The van der Waals surface area contributed by atoms with Crippen molar-refractivity contribution >= 4 is 51.9 Å². The minimum Gasteiger partial charge on any atom is -0.494 e. The Morgan fingerprint density at radius 2 is 1.68 bits per heavy atom. The minimum atomic E-state index is -0.544. The molecule has 0 aliphatic heterocycles. The first-order chi connectivity index (χ1) is 18.3. The number of anilines is 2. The van der Waals surface area contributed by atoms with Crippen LogP contribution in [0.5, 0.6) is 17.2 Å². The molecule has 0 unspecified atom stereocenters. The number of carbonyl (C=O) groups is 2. The van der Waals surface area contributed by atoms with E-state index in [-0.39, 0.29) is 18.1 Å². The summed E-state index contributed by atoms with van der Waals surface area (Å²) in [6.45, 7) is 6.31. The summed E-state index contributed by atoms with van der Waals surface area (Å²) in [7, 11) is 0. The van der Waals surface area contributed by atoms with Crippen LogP contribution in [0.1, 0.15) is 25.0 Å². The summed E-state index contributed by atoms with van der Waals surface area (Å²) in [6.07, 6.45) is 1.48. The van der Waals surface area contributed by atoms with Crippen molar-refractivity contribution in [3.05, 3.63) is 80.9 Å². The topological polar surface area (TPSA) is 110 Å². The summed E-state index contributed by atoms with van der Waals surface area (Å²) < 4.78 is 17.6. The van der Waals surface area contributed by atoms with Gasteiger partial charge in [-0.25, -0.2) is 0 Å². The molecule has 2 N–H and O–H groups in total. The quantitative estimate of drug-likeness (QED) is 0.155. The third-order valence-corrected chi connectivity index (χ3v) is 6.00. The van der Waals surface area contributed by atoms with E-state index in [1.165, 1.54) is 6.08 Å². The fourth-order valence-electron chi connectivity index (χ4n) is 3.43. The largest absolute Gasteiger partial charge is 0.494 e. The number of nitrogens with one attached hydrogen (secondary N) is 2. The van der Waals surface area contributed by atoms with Crippen molar-refractivity contribution in [3.8, 4) is 23.3 Å². The first-order valence-electron chi connectivity index (χ1n) is 11.9. The lowest BCUT2D eigenvalue weighted by Crippen LogP contribution is -2.21. The lowest BCUT2D eigenvalue weighted by atomic mass is 10.1. The van der Waals surface area contributed by atoms with E-state index >= 15 is 0 Å². The fourth-order valence-corrected chi connectivity index (χ4v) is 4.21. The number of hydrogen-bond donors (Lipinski definition) is 2. The number of nitriles is 1. The van der Waals surface area contributed by atoms with Crippen molar-refractivity contribution in [2.75, 3.05) is 30.5 Å². The molecular formula is C29H28IN3O5. The Morgan fingerprint density at radius 3 is 2.34 bits per heavy atom. The van der Waals surface area contributed by atoms with E-state index in [2.05, 4.69) is 33.2 Å². The van der Waals surface area contributed by atoms with E-state index in [9.17, 15) is 14.9 Å². The van der Waals surface area contributed by atoms with Crippen molar-refractivity contribution in [1.29, 1.82) is 5.26 Å². The molecule has 0 spiro atoms.